The van der Waals surface area contributed by atoms with Crippen LogP contribution in [-0.2, 0) is 7.05 Å². The van der Waals surface area contributed by atoms with Crippen molar-refractivity contribution in [3.63, 3.8) is 0 Å². The molecule has 4 heteroatoms. The minimum Gasteiger partial charge on any atom is -0.462 e. The van der Waals surface area contributed by atoms with Gasteiger partial charge in [-0.25, -0.2) is 8.96 Å². The molecule has 0 aliphatic heterocycles. The van der Waals surface area contributed by atoms with Gasteiger partial charge in [0.2, 0.25) is 5.52 Å². The summed E-state index contributed by atoms with van der Waals surface area (Å²) < 4.78 is 25.1. The molecule has 4 heterocycles. The van der Waals surface area contributed by atoms with Crippen LogP contribution in [0.15, 0.2) is 53.3 Å². The molecule has 2 aromatic carbocycles. The van der Waals surface area contributed by atoms with Gasteiger partial charge in [0.15, 0.2) is 6.20 Å². The first-order valence-corrected chi connectivity index (χ1v) is 8.29. The summed E-state index contributed by atoms with van der Waals surface area (Å²) in [5.74, 6) is -0.173. The van der Waals surface area contributed by atoms with Gasteiger partial charge >= 0.3 is 0 Å². The minimum absolute atomic E-state index is 0.173. The maximum atomic E-state index is 15.0. The average Bonchev–Trinajstić information content (AvgIpc) is 3.16. The van der Waals surface area contributed by atoms with Crippen LogP contribution < -0.4 is 4.57 Å². The van der Waals surface area contributed by atoms with Gasteiger partial charge in [0.05, 0.1) is 21.9 Å². The molecular formula is C21H14FN2O+. The number of hydrogen-bond donors (Lipinski definition) is 0. The van der Waals surface area contributed by atoms with E-state index in [1.54, 1.807) is 12.3 Å². The molecule has 4 aromatic heterocycles. The van der Waals surface area contributed by atoms with Crippen LogP contribution in [-0.4, -0.2) is 4.40 Å². The van der Waals surface area contributed by atoms with Gasteiger partial charge in [0.1, 0.15) is 30.1 Å². The molecule has 0 unspecified atom stereocenters. The van der Waals surface area contributed by atoms with Crippen LogP contribution in [0.3, 0.4) is 0 Å². The Morgan fingerprint density at radius 3 is 2.76 bits per heavy atom. The molecule has 120 valence electrons. The fraction of sp³-hybridized carbons (Fsp3) is 0.0952. The summed E-state index contributed by atoms with van der Waals surface area (Å²) in [5, 5.41) is 3.77. The Bertz CT molecular complexity index is 1470. The lowest BCUT2D eigenvalue weighted by molar-refractivity contribution is -0.643. The smallest absolute Gasteiger partial charge is 0.228 e. The number of hydrogen-bond acceptors (Lipinski definition) is 1. The zero-order chi connectivity index (χ0) is 16.9. The zero-order valence-corrected chi connectivity index (χ0v) is 13.8. The summed E-state index contributed by atoms with van der Waals surface area (Å²) >= 11 is 0. The van der Waals surface area contributed by atoms with Gasteiger partial charge < -0.3 is 8.82 Å². The first-order chi connectivity index (χ1) is 12.2. The van der Waals surface area contributed by atoms with Crippen LogP contribution >= 0.6 is 0 Å². The summed E-state index contributed by atoms with van der Waals surface area (Å²) in [6.45, 7) is 1.98. The quantitative estimate of drug-likeness (QED) is 0.288. The standard InChI is InChI=1S/C21H14FN2O/c1-11-9-13(22)18-12-5-3-4-6-14(12)24-15-10-25-16-7-8-23(2)20(19(15)16)17(11)21(18)24/h3-10H,1-2H3/q+1. The second kappa shape index (κ2) is 4.09. The molecule has 0 atom stereocenters. The number of rotatable bonds is 0. The molecule has 0 radical (unpaired) electrons. The molecule has 0 saturated carbocycles. The molecule has 6 aromatic rings. The van der Waals surface area contributed by atoms with E-state index in [-0.39, 0.29) is 5.82 Å². The first-order valence-electron chi connectivity index (χ1n) is 8.29. The Morgan fingerprint density at radius 2 is 1.88 bits per heavy atom. The van der Waals surface area contributed by atoms with E-state index in [4.69, 9.17) is 4.42 Å². The lowest BCUT2D eigenvalue weighted by Gasteiger charge is -2.08. The van der Waals surface area contributed by atoms with Crippen molar-refractivity contribution in [1.82, 2.24) is 4.40 Å². The SMILES string of the molecule is Cc1cc(F)c2c3ccccc3n3c4coc5cc[n+](C)c(c1c23)c54. The number of fused-ring (bicyclic) bond motifs is 5. The number of pyridine rings is 2. The van der Waals surface area contributed by atoms with E-state index < -0.39 is 0 Å². The van der Waals surface area contributed by atoms with Crippen LogP contribution in [0.2, 0.25) is 0 Å². The van der Waals surface area contributed by atoms with Crippen molar-refractivity contribution < 1.29 is 13.4 Å². The van der Waals surface area contributed by atoms with Crippen molar-refractivity contribution in [2.75, 3.05) is 0 Å². The van der Waals surface area contributed by atoms with Crippen LogP contribution in [0, 0.1) is 12.7 Å². The molecule has 0 N–H and O–H groups in total. The highest BCUT2D eigenvalue weighted by Gasteiger charge is 2.26. The van der Waals surface area contributed by atoms with Gasteiger partial charge in [-0.15, -0.1) is 0 Å². The van der Waals surface area contributed by atoms with E-state index in [1.807, 2.05) is 50.5 Å². The average molecular weight is 329 g/mol. The maximum absolute atomic E-state index is 15.0. The van der Waals surface area contributed by atoms with Crippen molar-refractivity contribution in [3.8, 4) is 0 Å². The molecule has 0 amide bonds. The molecule has 0 spiro atoms. The zero-order valence-electron chi connectivity index (χ0n) is 13.8. The number of aromatic nitrogens is 2. The van der Waals surface area contributed by atoms with Crippen molar-refractivity contribution in [1.29, 1.82) is 0 Å². The summed E-state index contributed by atoms with van der Waals surface area (Å²) in [7, 11) is 2.03. The number of aryl methyl sites for hydroxylation is 2. The van der Waals surface area contributed by atoms with Gasteiger partial charge in [-0.05, 0) is 24.6 Å². The second-order valence-corrected chi connectivity index (χ2v) is 6.76. The van der Waals surface area contributed by atoms with Crippen LogP contribution in [0.1, 0.15) is 5.56 Å². The topological polar surface area (TPSA) is 21.4 Å². The molecule has 0 saturated heterocycles. The van der Waals surface area contributed by atoms with Crippen molar-refractivity contribution in [3.05, 3.63) is 60.2 Å². The highest BCUT2D eigenvalue weighted by atomic mass is 19.1. The van der Waals surface area contributed by atoms with Crippen LogP contribution in [0.25, 0.3) is 49.2 Å². The van der Waals surface area contributed by atoms with Gasteiger partial charge in [-0.1, -0.05) is 18.2 Å². The fourth-order valence-corrected chi connectivity index (χ4v) is 4.41. The highest BCUT2D eigenvalue weighted by Crippen LogP contribution is 2.41. The Morgan fingerprint density at radius 1 is 1.04 bits per heavy atom. The fourth-order valence-electron chi connectivity index (χ4n) is 4.41. The summed E-state index contributed by atoms with van der Waals surface area (Å²) in [6, 6.07) is 11.6. The monoisotopic (exact) mass is 329 g/mol. The van der Waals surface area contributed by atoms with Gasteiger partial charge in [0.25, 0.3) is 0 Å². The number of para-hydroxylation sites is 1. The molecule has 25 heavy (non-hydrogen) atoms. The largest absolute Gasteiger partial charge is 0.462 e. The molecular weight excluding hydrogens is 315 g/mol. The van der Waals surface area contributed by atoms with E-state index >= 15 is 0 Å². The van der Waals surface area contributed by atoms with Gasteiger partial charge in [-0.3, -0.25) is 0 Å². The van der Waals surface area contributed by atoms with Gasteiger partial charge in [-0.2, -0.15) is 0 Å². The number of benzene rings is 2. The van der Waals surface area contributed by atoms with Crippen molar-refractivity contribution in [2.45, 2.75) is 6.92 Å². The van der Waals surface area contributed by atoms with Crippen LogP contribution in [0.4, 0.5) is 4.39 Å². The van der Waals surface area contributed by atoms with E-state index in [1.165, 1.54) is 0 Å². The molecule has 6 rings (SSSR count). The predicted octanol–water partition coefficient (Wildman–Crippen LogP) is 4.85. The Hall–Kier alpha value is -3.14. The van der Waals surface area contributed by atoms with E-state index in [0.717, 1.165) is 49.4 Å². The molecule has 0 fully saturated rings. The van der Waals surface area contributed by atoms with E-state index in [2.05, 4.69) is 8.97 Å². The van der Waals surface area contributed by atoms with Crippen molar-refractivity contribution >= 4 is 49.2 Å². The highest BCUT2D eigenvalue weighted by molar-refractivity contribution is 6.25. The normalized spacial score (nSPS) is 12.6. The van der Waals surface area contributed by atoms with Crippen molar-refractivity contribution in [2.24, 2.45) is 7.05 Å². The van der Waals surface area contributed by atoms with E-state index in [9.17, 15) is 4.39 Å². The van der Waals surface area contributed by atoms with Crippen LogP contribution in [0.5, 0.6) is 0 Å². The number of nitrogens with zero attached hydrogens (tertiary/aromatic N) is 2. The third kappa shape index (κ3) is 1.36. The Kier molecular flexibility index (Phi) is 2.16. The third-order valence-corrected chi connectivity index (χ3v) is 5.40. The third-order valence-electron chi connectivity index (χ3n) is 5.40. The summed E-state index contributed by atoms with van der Waals surface area (Å²) in [5.41, 5.74) is 5.77. The number of furan rings is 1. The molecule has 0 aliphatic carbocycles. The lowest BCUT2D eigenvalue weighted by Crippen LogP contribution is -2.28. The predicted molar refractivity (Wildman–Crippen MR) is 96.7 cm³/mol. The molecule has 3 nitrogen and oxygen atoms in total. The minimum atomic E-state index is -0.173. The van der Waals surface area contributed by atoms with E-state index in [0.29, 0.717) is 5.39 Å². The lowest BCUT2D eigenvalue weighted by atomic mass is 10.0. The van der Waals surface area contributed by atoms with Gasteiger partial charge in [0, 0.05) is 16.8 Å². The maximum Gasteiger partial charge on any atom is 0.228 e. The summed E-state index contributed by atoms with van der Waals surface area (Å²) in [4.78, 5) is 0. The molecule has 0 aliphatic rings. The molecule has 0 bridgehead atoms. The number of halogens is 1. The Labute approximate surface area is 141 Å². The first kappa shape index (κ1) is 13.2. The summed E-state index contributed by atoms with van der Waals surface area (Å²) in [6.07, 6.45) is 3.78. The second-order valence-electron chi connectivity index (χ2n) is 6.76. The Balaban J connectivity index is 2.18.